The molecule has 4 heteroatoms. The van der Waals surface area contributed by atoms with Gasteiger partial charge in [0.1, 0.15) is 0 Å². The highest BCUT2D eigenvalue weighted by Crippen LogP contribution is 2.37. The summed E-state index contributed by atoms with van der Waals surface area (Å²) in [5.41, 5.74) is 0.744. The van der Waals surface area contributed by atoms with Crippen LogP contribution in [-0.2, 0) is 9.84 Å². The lowest BCUT2D eigenvalue weighted by molar-refractivity contribution is 0.597. The first-order valence-corrected chi connectivity index (χ1v) is 7.75. The molecule has 1 N–H and O–H groups in total. The third kappa shape index (κ3) is 2.80. The van der Waals surface area contributed by atoms with Gasteiger partial charge < -0.3 is 5.32 Å². The van der Waals surface area contributed by atoms with Crippen LogP contribution in [0.5, 0.6) is 0 Å². The second-order valence-corrected chi connectivity index (χ2v) is 7.00. The van der Waals surface area contributed by atoms with Gasteiger partial charge in [0, 0.05) is 6.54 Å². The largest absolute Gasteiger partial charge is 0.384 e. The molecular weight excluding hydrogens is 234 g/mol. The fourth-order valence-corrected chi connectivity index (χ4v) is 3.04. The minimum Gasteiger partial charge on any atom is -0.384 e. The molecular formula is C13H19NO2S. The zero-order valence-electron chi connectivity index (χ0n) is 10.3. The molecule has 1 fully saturated rings. The van der Waals surface area contributed by atoms with E-state index in [9.17, 15) is 8.42 Å². The van der Waals surface area contributed by atoms with Gasteiger partial charge >= 0.3 is 0 Å². The quantitative estimate of drug-likeness (QED) is 0.877. The Bertz CT molecular complexity index is 496. The van der Waals surface area contributed by atoms with E-state index in [4.69, 9.17) is 0 Å². The minimum absolute atomic E-state index is 0.144. The summed E-state index contributed by atoms with van der Waals surface area (Å²) in [4.78, 5) is 0.427. The third-order valence-electron chi connectivity index (χ3n) is 3.43. The van der Waals surface area contributed by atoms with Gasteiger partial charge in [-0.2, -0.15) is 0 Å². The summed E-state index contributed by atoms with van der Waals surface area (Å²) in [5, 5.41) is 3.27. The monoisotopic (exact) mass is 253 g/mol. The second-order valence-electron chi connectivity index (χ2n) is 4.75. The molecule has 1 aromatic carbocycles. The average molecular weight is 253 g/mol. The van der Waals surface area contributed by atoms with Gasteiger partial charge in [0.25, 0.3) is 0 Å². The summed E-state index contributed by atoms with van der Waals surface area (Å²) in [6.07, 6.45) is 1.25. The van der Waals surface area contributed by atoms with Crippen molar-refractivity contribution in [1.82, 2.24) is 0 Å². The van der Waals surface area contributed by atoms with Crippen molar-refractivity contribution < 1.29 is 8.42 Å². The number of hydrogen-bond acceptors (Lipinski definition) is 3. The highest BCUT2D eigenvalue weighted by molar-refractivity contribution is 7.91. The molecule has 17 heavy (non-hydrogen) atoms. The third-order valence-corrected chi connectivity index (χ3v) is 5.22. The van der Waals surface area contributed by atoms with E-state index in [0.29, 0.717) is 10.8 Å². The predicted molar refractivity (Wildman–Crippen MR) is 69.9 cm³/mol. The highest BCUT2D eigenvalue weighted by atomic mass is 32.2. The van der Waals surface area contributed by atoms with E-state index in [0.717, 1.165) is 18.2 Å². The maximum Gasteiger partial charge on any atom is 0.180 e. The molecule has 2 atom stereocenters. The van der Waals surface area contributed by atoms with Crippen molar-refractivity contribution in [3.63, 3.8) is 0 Å². The van der Waals surface area contributed by atoms with Crippen molar-refractivity contribution in [3.05, 3.63) is 24.3 Å². The fraction of sp³-hybridized carbons (Fsp3) is 0.538. The number of benzene rings is 1. The van der Waals surface area contributed by atoms with Crippen molar-refractivity contribution in [3.8, 4) is 0 Å². The summed E-state index contributed by atoms with van der Waals surface area (Å²) in [5.74, 6) is 1.62. The Morgan fingerprint density at radius 1 is 1.35 bits per heavy atom. The molecule has 0 spiro atoms. The first-order chi connectivity index (χ1) is 8.04. The van der Waals surface area contributed by atoms with Crippen LogP contribution >= 0.6 is 0 Å². The van der Waals surface area contributed by atoms with Crippen LogP contribution in [0, 0.1) is 11.8 Å². The average Bonchev–Trinajstić information content (AvgIpc) is 3.03. The van der Waals surface area contributed by atoms with Gasteiger partial charge in [-0.25, -0.2) is 8.42 Å². The summed E-state index contributed by atoms with van der Waals surface area (Å²) in [6.45, 7) is 4.77. The van der Waals surface area contributed by atoms with Gasteiger partial charge in [-0.15, -0.1) is 0 Å². The highest BCUT2D eigenvalue weighted by Gasteiger charge is 2.32. The zero-order valence-corrected chi connectivity index (χ0v) is 11.1. The molecule has 0 amide bonds. The van der Waals surface area contributed by atoms with Crippen LogP contribution < -0.4 is 5.32 Å². The SMILES string of the molecule is CCS(=O)(=O)c1ccccc1NCC1CC1C. The number of hydrogen-bond donors (Lipinski definition) is 1. The van der Waals surface area contributed by atoms with Crippen LogP contribution in [0.15, 0.2) is 29.2 Å². The molecule has 3 nitrogen and oxygen atoms in total. The minimum atomic E-state index is -3.13. The van der Waals surface area contributed by atoms with E-state index < -0.39 is 9.84 Å². The molecule has 94 valence electrons. The lowest BCUT2D eigenvalue weighted by Gasteiger charge is -2.11. The predicted octanol–water partition coefficient (Wildman–Crippen LogP) is 2.55. The number of nitrogens with one attached hydrogen (secondary N) is 1. The lowest BCUT2D eigenvalue weighted by atomic mass is 10.3. The number of anilines is 1. The molecule has 1 aliphatic rings. The Morgan fingerprint density at radius 3 is 2.59 bits per heavy atom. The molecule has 0 heterocycles. The zero-order chi connectivity index (χ0) is 12.5. The smallest absolute Gasteiger partial charge is 0.180 e. The van der Waals surface area contributed by atoms with Gasteiger partial charge in [-0.05, 0) is 30.4 Å². The molecule has 2 rings (SSSR count). The number of rotatable bonds is 5. The van der Waals surface area contributed by atoms with E-state index >= 15 is 0 Å². The van der Waals surface area contributed by atoms with E-state index in [1.165, 1.54) is 6.42 Å². The van der Waals surface area contributed by atoms with E-state index in [1.54, 1.807) is 19.1 Å². The van der Waals surface area contributed by atoms with Gasteiger partial charge in [0.05, 0.1) is 16.3 Å². The van der Waals surface area contributed by atoms with Crippen molar-refractivity contribution in [2.75, 3.05) is 17.6 Å². The normalized spacial score (nSPS) is 23.4. The Kier molecular flexibility index (Phi) is 3.43. The van der Waals surface area contributed by atoms with E-state index in [-0.39, 0.29) is 5.75 Å². The lowest BCUT2D eigenvalue weighted by Crippen LogP contribution is -2.11. The van der Waals surface area contributed by atoms with Gasteiger partial charge in [-0.3, -0.25) is 0 Å². The van der Waals surface area contributed by atoms with Gasteiger partial charge in [0.15, 0.2) is 9.84 Å². The first-order valence-electron chi connectivity index (χ1n) is 6.10. The van der Waals surface area contributed by atoms with Gasteiger partial charge in [-0.1, -0.05) is 26.0 Å². The van der Waals surface area contributed by atoms with Crippen LogP contribution in [0.3, 0.4) is 0 Å². The van der Waals surface area contributed by atoms with Crippen LogP contribution in [-0.4, -0.2) is 20.7 Å². The number of para-hydroxylation sites is 1. The molecule has 0 bridgehead atoms. The van der Waals surface area contributed by atoms with Crippen molar-refractivity contribution in [2.24, 2.45) is 11.8 Å². The topological polar surface area (TPSA) is 46.2 Å². The maximum absolute atomic E-state index is 11.9. The van der Waals surface area contributed by atoms with Crippen LogP contribution in [0.25, 0.3) is 0 Å². The fourth-order valence-electron chi connectivity index (χ4n) is 1.96. The van der Waals surface area contributed by atoms with Crippen molar-refractivity contribution in [2.45, 2.75) is 25.2 Å². The van der Waals surface area contributed by atoms with Crippen molar-refractivity contribution >= 4 is 15.5 Å². The Hall–Kier alpha value is -1.03. The first kappa shape index (κ1) is 12.4. The van der Waals surface area contributed by atoms with Gasteiger partial charge in [0.2, 0.25) is 0 Å². The summed E-state index contributed by atoms with van der Waals surface area (Å²) in [6, 6.07) is 7.16. The summed E-state index contributed by atoms with van der Waals surface area (Å²) < 4.78 is 23.8. The molecule has 0 aromatic heterocycles. The second kappa shape index (κ2) is 4.69. The van der Waals surface area contributed by atoms with Crippen LogP contribution in [0.2, 0.25) is 0 Å². The standard InChI is InChI=1S/C13H19NO2S/c1-3-17(15,16)13-7-5-4-6-12(13)14-9-11-8-10(11)2/h4-7,10-11,14H,3,8-9H2,1-2H3. The summed E-state index contributed by atoms with van der Waals surface area (Å²) >= 11 is 0. The molecule has 2 unspecified atom stereocenters. The van der Waals surface area contributed by atoms with E-state index in [2.05, 4.69) is 12.2 Å². The van der Waals surface area contributed by atoms with Crippen LogP contribution in [0.4, 0.5) is 5.69 Å². The Labute approximate surface area is 103 Å². The molecule has 1 saturated carbocycles. The molecule has 0 saturated heterocycles. The number of sulfone groups is 1. The molecule has 0 radical (unpaired) electrons. The molecule has 1 aliphatic carbocycles. The summed E-state index contributed by atoms with van der Waals surface area (Å²) in [7, 11) is -3.13. The Morgan fingerprint density at radius 2 is 2.00 bits per heavy atom. The van der Waals surface area contributed by atoms with Crippen molar-refractivity contribution in [1.29, 1.82) is 0 Å². The Balaban J connectivity index is 2.16. The molecule has 1 aromatic rings. The van der Waals surface area contributed by atoms with Crippen LogP contribution in [0.1, 0.15) is 20.3 Å². The molecule has 0 aliphatic heterocycles. The maximum atomic E-state index is 11.9. The van der Waals surface area contributed by atoms with E-state index in [1.807, 2.05) is 12.1 Å².